The molecule has 0 atom stereocenters. The number of benzene rings is 2. The number of amides is 1. The third-order valence-corrected chi connectivity index (χ3v) is 5.09. The van der Waals surface area contributed by atoms with Gasteiger partial charge in [0.05, 0.1) is 11.1 Å². The first-order valence-corrected chi connectivity index (χ1v) is 8.85. The van der Waals surface area contributed by atoms with Gasteiger partial charge in [-0.1, -0.05) is 36.4 Å². The van der Waals surface area contributed by atoms with E-state index < -0.39 is 5.41 Å². The van der Waals surface area contributed by atoms with Crippen molar-refractivity contribution in [3.05, 3.63) is 66.2 Å². The number of carbonyl (C=O) groups excluding carboxylic acids is 1. The second-order valence-corrected chi connectivity index (χ2v) is 6.77. The van der Waals surface area contributed by atoms with Gasteiger partial charge < -0.3 is 14.8 Å². The highest BCUT2D eigenvalue weighted by Gasteiger charge is 2.51. The lowest BCUT2D eigenvalue weighted by atomic mass is 9.94. The molecular formula is C21H17N3O3. The van der Waals surface area contributed by atoms with Gasteiger partial charge in [0.1, 0.15) is 0 Å². The van der Waals surface area contributed by atoms with Crippen molar-refractivity contribution in [3.63, 3.8) is 0 Å². The number of ether oxygens (including phenoxy) is 2. The number of anilines is 1. The Morgan fingerprint density at radius 3 is 2.48 bits per heavy atom. The van der Waals surface area contributed by atoms with Gasteiger partial charge in [-0.05, 0) is 42.7 Å². The summed E-state index contributed by atoms with van der Waals surface area (Å²) in [6.45, 7) is 0.224. The van der Waals surface area contributed by atoms with Crippen LogP contribution in [0.2, 0.25) is 0 Å². The minimum atomic E-state index is -0.527. The molecule has 6 nitrogen and oxygen atoms in total. The predicted octanol–water partition coefficient (Wildman–Crippen LogP) is 3.54. The van der Waals surface area contributed by atoms with Crippen LogP contribution in [0.1, 0.15) is 18.4 Å². The first-order valence-electron chi connectivity index (χ1n) is 8.85. The Kier molecular flexibility index (Phi) is 3.57. The fourth-order valence-corrected chi connectivity index (χ4v) is 3.36. The molecule has 0 spiro atoms. The quantitative estimate of drug-likeness (QED) is 0.771. The SMILES string of the molecule is O=C(Nc1ccc(-c2ccccc2)nn1)C1(c2ccc3c(c2)OCO3)CC1. The van der Waals surface area contributed by atoms with Crippen molar-refractivity contribution in [1.29, 1.82) is 0 Å². The molecule has 5 rings (SSSR count). The van der Waals surface area contributed by atoms with Gasteiger partial charge in [-0.25, -0.2) is 0 Å². The van der Waals surface area contributed by atoms with Crippen LogP contribution in [0.15, 0.2) is 60.7 Å². The second-order valence-electron chi connectivity index (χ2n) is 6.77. The van der Waals surface area contributed by atoms with Crippen molar-refractivity contribution in [2.45, 2.75) is 18.3 Å². The van der Waals surface area contributed by atoms with E-state index in [1.807, 2.05) is 54.6 Å². The Labute approximate surface area is 156 Å². The van der Waals surface area contributed by atoms with Crippen LogP contribution in [0.4, 0.5) is 5.82 Å². The summed E-state index contributed by atoms with van der Waals surface area (Å²) in [5.41, 5.74) is 2.17. The maximum Gasteiger partial charge on any atom is 0.236 e. The van der Waals surface area contributed by atoms with E-state index in [1.165, 1.54) is 0 Å². The normalized spacial score (nSPS) is 16.0. The third kappa shape index (κ3) is 2.79. The van der Waals surface area contributed by atoms with Gasteiger partial charge in [0, 0.05) is 5.56 Å². The molecule has 1 fully saturated rings. The number of nitrogens with one attached hydrogen (secondary N) is 1. The highest BCUT2D eigenvalue weighted by Crippen LogP contribution is 2.51. The molecular weight excluding hydrogens is 342 g/mol. The first kappa shape index (κ1) is 15.8. The zero-order chi connectivity index (χ0) is 18.3. The standard InChI is InChI=1S/C21H17N3O3/c25-20(21(10-11-21)15-6-8-17-18(12-15)27-13-26-17)22-19-9-7-16(23-24-19)14-4-2-1-3-5-14/h1-9,12H,10-11,13H2,(H,22,24,25). The molecule has 2 aromatic carbocycles. The van der Waals surface area contributed by atoms with Crippen LogP contribution in [0, 0.1) is 0 Å². The average Bonchev–Trinajstić information content (AvgIpc) is 3.40. The number of hydrogen-bond acceptors (Lipinski definition) is 5. The van der Waals surface area contributed by atoms with Gasteiger partial charge in [-0.3, -0.25) is 4.79 Å². The molecule has 0 bridgehead atoms. The topological polar surface area (TPSA) is 73.3 Å². The first-order chi connectivity index (χ1) is 13.2. The third-order valence-electron chi connectivity index (χ3n) is 5.09. The predicted molar refractivity (Wildman–Crippen MR) is 99.6 cm³/mol. The summed E-state index contributed by atoms with van der Waals surface area (Å²) in [4.78, 5) is 12.9. The largest absolute Gasteiger partial charge is 0.454 e. The molecule has 3 aromatic rings. The number of nitrogens with zero attached hydrogens (tertiary/aromatic N) is 2. The Balaban J connectivity index is 1.34. The summed E-state index contributed by atoms with van der Waals surface area (Å²) >= 11 is 0. The summed E-state index contributed by atoms with van der Waals surface area (Å²) in [6.07, 6.45) is 1.60. The number of fused-ring (bicyclic) bond motifs is 1. The van der Waals surface area contributed by atoms with Crippen molar-refractivity contribution >= 4 is 11.7 Å². The Morgan fingerprint density at radius 1 is 0.926 bits per heavy atom. The molecule has 1 N–H and O–H groups in total. The van der Waals surface area contributed by atoms with Crippen molar-refractivity contribution < 1.29 is 14.3 Å². The summed E-state index contributed by atoms with van der Waals surface area (Å²) in [7, 11) is 0. The lowest BCUT2D eigenvalue weighted by Crippen LogP contribution is -2.28. The fourth-order valence-electron chi connectivity index (χ4n) is 3.36. The van der Waals surface area contributed by atoms with Crippen LogP contribution in [0.5, 0.6) is 11.5 Å². The monoisotopic (exact) mass is 359 g/mol. The number of aromatic nitrogens is 2. The summed E-state index contributed by atoms with van der Waals surface area (Å²) in [5.74, 6) is 1.80. The Morgan fingerprint density at radius 2 is 1.74 bits per heavy atom. The lowest BCUT2D eigenvalue weighted by Gasteiger charge is -2.15. The maximum atomic E-state index is 12.9. The van der Waals surface area contributed by atoms with Gasteiger partial charge in [0.15, 0.2) is 17.3 Å². The minimum Gasteiger partial charge on any atom is -0.454 e. The van der Waals surface area contributed by atoms with E-state index in [-0.39, 0.29) is 12.7 Å². The molecule has 1 aliphatic heterocycles. The molecule has 0 saturated heterocycles. The molecule has 6 heteroatoms. The molecule has 1 amide bonds. The van der Waals surface area contributed by atoms with Gasteiger partial charge in [0.2, 0.25) is 12.7 Å². The van der Waals surface area contributed by atoms with Crippen LogP contribution < -0.4 is 14.8 Å². The van der Waals surface area contributed by atoms with Crippen molar-refractivity contribution in [2.24, 2.45) is 0 Å². The molecule has 27 heavy (non-hydrogen) atoms. The van der Waals surface area contributed by atoms with E-state index in [0.29, 0.717) is 11.6 Å². The highest BCUT2D eigenvalue weighted by atomic mass is 16.7. The molecule has 134 valence electrons. The van der Waals surface area contributed by atoms with E-state index in [2.05, 4.69) is 15.5 Å². The van der Waals surface area contributed by atoms with E-state index in [4.69, 9.17) is 9.47 Å². The van der Waals surface area contributed by atoms with Crippen LogP contribution in [-0.2, 0) is 10.2 Å². The van der Waals surface area contributed by atoms with Gasteiger partial charge in [-0.15, -0.1) is 10.2 Å². The van der Waals surface area contributed by atoms with E-state index in [0.717, 1.165) is 35.4 Å². The molecule has 1 aromatic heterocycles. The number of hydrogen-bond donors (Lipinski definition) is 1. The average molecular weight is 359 g/mol. The van der Waals surface area contributed by atoms with Gasteiger partial charge in [-0.2, -0.15) is 0 Å². The fraction of sp³-hybridized carbons (Fsp3) is 0.190. The molecule has 1 aliphatic carbocycles. The van der Waals surface area contributed by atoms with E-state index in [1.54, 1.807) is 6.07 Å². The second kappa shape index (κ2) is 6.09. The smallest absolute Gasteiger partial charge is 0.236 e. The Hall–Kier alpha value is -3.41. The van der Waals surface area contributed by atoms with E-state index >= 15 is 0 Å². The van der Waals surface area contributed by atoms with Crippen molar-refractivity contribution in [3.8, 4) is 22.8 Å². The van der Waals surface area contributed by atoms with Crippen LogP contribution in [-0.4, -0.2) is 22.9 Å². The van der Waals surface area contributed by atoms with E-state index in [9.17, 15) is 4.79 Å². The molecule has 2 aliphatic rings. The molecule has 0 unspecified atom stereocenters. The zero-order valence-electron chi connectivity index (χ0n) is 14.5. The minimum absolute atomic E-state index is 0.0665. The highest BCUT2D eigenvalue weighted by molar-refractivity contribution is 6.01. The maximum absolute atomic E-state index is 12.9. The summed E-state index contributed by atoms with van der Waals surface area (Å²) in [5, 5.41) is 11.3. The number of rotatable bonds is 4. The van der Waals surface area contributed by atoms with Crippen molar-refractivity contribution in [2.75, 3.05) is 12.1 Å². The Bertz CT molecular complexity index is 999. The van der Waals surface area contributed by atoms with Gasteiger partial charge in [0.25, 0.3) is 0 Å². The van der Waals surface area contributed by atoms with Crippen LogP contribution in [0.3, 0.4) is 0 Å². The molecule has 1 saturated carbocycles. The van der Waals surface area contributed by atoms with Crippen molar-refractivity contribution in [1.82, 2.24) is 10.2 Å². The number of carbonyl (C=O) groups is 1. The zero-order valence-corrected chi connectivity index (χ0v) is 14.5. The molecule has 2 heterocycles. The summed E-state index contributed by atoms with van der Waals surface area (Å²) < 4.78 is 10.8. The van der Waals surface area contributed by atoms with Gasteiger partial charge >= 0.3 is 0 Å². The van der Waals surface area contributed by atoms with Crippen LogP contribution in [0.25, 0.3) is 11.3 Å². The summed E-state index contributed by atoms with van der Waals surface area (Å²) in [6, 6.07) is 19.1. The lowest BCUT2D eigenvalue weighted by molar-refractivity contribution is -0.118. The molecule has 0 radical (unpaired) electrons. The van der Waals surface area contributed by atoms with Crippen LogP contribution >= 0.6 is 0 Å².